The van der Waals surface area contributed by atoms with Gasteiger partial charge in [0.2, 0.25) is 0 Å². The van der Waals surface area contributed by atoms with Crippen molar-refractivity contribution < 1.29 is 13.2 Å². The Labute approximate surface area is 172 Å². The van der Waals surface area contributed by atoms with Crippen molar-refractivity contribution in [1.29, 1.82) is 0 Å². The molecule has 0 fully saturated rings. The lowest BCUT2D eigenvalue weighted by Gasteiger charge is -2.19. The highest BCUT2D eigenvalue weighted by molar-refractivity contribution is 14.1. The number of hydrogen-bond donors (Lipinski definition) is 1. The molecule has 5 nitrogen and oxygen atoms in total. The Hall–Kier alpha value is -2.39. The molecule has 0 aliphatic rings. The summed E-state index contributed by atoms with van der Waals surface area (Å²) in [5.74, 6) is -0.295. The molecule has 27 heavy (non-hydrogen) atoms. The average Bonchev–Trinajstić information content (AvgIpc) is 2.70. The fourth-order valence-electron chi connectivity index (χ4n) is 2.45. The number of carbonyl (C=O) groups excluding carboxylic acids is 1. The van der Waals surface area contributed by atoms with E-state index in [4.69, 9.17) is 0 Å². The summed E-state index contributed by atoms with van der Waals surface area (Å²) in [7, 11) is -2.20. The summed E-state index contributed by atoms with van der Waals surface area (Å²) >= 11 is 2.19. The van der Waals surface area contributed by atoms with Crippen molar-refractivity contribution in [2.45, 2.75) is 4.90 Å². The first-order valence-electron chi connectivity index (χ1n) is 8.09. The van der Waals surface area contributed by atoms with Gasteiger partial charge in [-0.1, -0.05) is 18.2 Å². The lowest BCUT2D eigenvalue weighted by atomic mass is 10.2. The molecule has 0 heterocycles. The maximum atomic E-state index is 12.8. The van der Waals surface area contributed by atoms with Crippen LogP contribution in [0.3, 0.4) is 0 Å². The van der Waals surface area contributed by atoms with E-state index in [0.717, 1.165) is 3.57 Å². The summed E-state index contributed by atoms with van der Waals surface area (Å²) < 4.78 is 27.8. The van der Waals surface area contributed by atoms with Crippen LogP contribution in [0.2, 0.25) is 0 Å². The molecule has 138 valence electrons. The third-order valence-corrected chi connectivity index (χ3v) is 6.52. The van der Waals surface area contributed by atoms with E-state index in [1.54, 1.807) is 24.3 Å². The van der Waals surface area contributed by atoms with Crippen LogP contribution in [0.5, 0.6) is 0 Å². The number of para-hydroxylation sites is 1. The Bertz CT molecular complexity index is 1030. The zero-order chi connectivity index (χ0) is 19.4. The van der Waals surface area contributed by atoms with Crippen LogP contribution in [0.15, 0.2) is 83.8 Å². The number of amides is 1. The smallest absolute Gasteiger partial charge is 0.264 e. The van der Waals surface area contributed by atoms with Gasteiger partial charge in [0.15, 0.2) is 0 Å². The highest BCUT2D eigenvalue weighted by atomic mass is 127. The predicted octanol–water partition coefficient (Wildman–Crippen LogP) is 4.37. The van der Waals surface area contributed by atoms with Gasteiger partial charge in [-0.2, -0.15) is 0 Å². The molecule has 0 aromatic heterocycles. The Morgan fingerprint density at radius 2 is 1.48 bits per heavy atom. The molecule has 3 aromatic rings. The van der Waals surface area contributed by atoms with E-state index in [1.165, 1.54) is 35.6 Å². The second-order valence-electron chi connectivity index (χ2n) is 5.79. The summed E-state index contributed by atoms with van der Waals surface area (Å²) in [6.07, 6.45) is 0. The van der Waals surface area contributed by atoms with Crippen molar-refractivity contribution in [3.8, 4) is 0 Å². The number of anilines is 2. The number of halogens is 1. The van der Waals surface area contributed by atoms with Gasteiger partial charge < -0.3 is 5.32 Å². The topological polar surface area (TPSA) is 66.5 Å². The van der Waals surface area contributed by atoms with Crippen LogP contribution in [0.1, 0.15) is 10.4 Å². The molecule has 0 saturated carbocycles. The number of benzene rings is 3. The number of nitrogens with one attached hydrogen (secondary N) is 1. The zero-order valence-corrected chi connectivity index (χ0v) is 17.4. The maximum absolute atomic E-state index is 12.8. The molecule has 0 aliphatic carbocycles. The van der Waals surface area contributed by atoms with Gasteiger partial charge in [-0.15, -0.1) is 0 Å². The van der Waals surface area contributed by atoms with Crippen LogP contribution in [0.25, 0.3) is 0 Å². The Morgan fingerprint density at radius 3 is 2.07 bits per heavy atom. The van der Waals surface area contributed by atoms with Gasteiger partial charge in [-0.25, -0.2) is 8.42 Å². The molecule has 7 heteroatoms. The minimum atomic E-state index is -3.70. The zero-order valence-electron chi connectivity index (χ0n) is 14.5. The molecule has 0 unspecified atom stereocenters. The van der Waals surface area contributed by atoms with Crippen molar-refractivity contribution in [3.05, 3.63) is 88.0 Å². The highest BCUT2D eigenvalue weighted by Gasteiger charge is 2.21. The molecular formula is C20H17IN2O3S. The number of hydrogen-bond acceptors (Lipinski definition) is 3. The fraction of sp³-hybridized carbons (Fsp3) is 0.0500. The second-order valence-corrected chi connectivity index (χ2v) is 9.01. The summed E-state index contributed by atoms with van der Waals surface area (Å²) in [6.45, 7) is 0. The highest BCUT2D eigenvalue weighted by Crippen LogP contribution is 2.22. The van der Waals surface area contributed by atoms with Crippen molar-refractivity contribution in [2.75, 3.05) is 16.7 Å². The van der Waals surface area contributed by atoms with Crippen molar-refractivity contribution >= 4 is 49.9 Å². The standard InChI is InChI=1S/C20H17IN2O3S/c1-23(18-5-3-2-4-6-18)27(25,26)19-13-7-15(8-14-19)20(24)22-17-11-9-16(21)10-12-17/h2-14H,1H3,(H,22,24). The van der Waals surface area contributed by atoms with Gasteiger partial charge in [-0.3, -0.25) is 9.10 Å². The first kappa shape index (κ1) is 19.4. The van der Waals surface area contributed by atoms with Crippen molar-refractivity contribution in [2.24, 2.45) is 0 Å². The fourth-order valence-corrected chi connectivity index (χ4v) is 4.00. The van der Waals surface area contributed by atoms with E-state index in [2.05, 4.69) is 27.9 Å². The van der Waals surface area contributed by atoms with E-state index in [9.17, 15) is 13.2 Å². The van der Waals surface area contributed by atoms with Crippen LogP contribution in [0, 0.1) is 3.57 Å². The summed E-state index contributed by atoms with van der Waals surface area (Å²) in [6, 6.07) is 22.1. The minimum Gasteiger partial charge on any atom is -0.322 e. The van der Waals surface area contributed by atoms with Crippen LogP contribution in [-0.2, 0) is 10.0 Å². The summed E-state index contributed by atoms with van der Waals surface area (Å²) in [5, 5.41) is 2.79. The van der Waals surface area contributed by atoms with Gasteiger partial charge in [-0.05, 0) is 83.3 Å². The predicted molar refractivity (Wildman–Crippen MR) is 116 cm³/mol. The van der Waals surface area contributed by atoms with Crippen LogP contribution >= 0.6 is 22.6 Å². The van der Waals surface area contributed by atoms with E-state index >= 15 is 0 Å². The molecule has 1 N–H and O–H groups in total. The monoisotopic (exact) mass is 492 g/mol. The summed E-state index contributed by atoms with van der Waals surface area (Å²) in [4.78, 5) is 12.5. The molecule has 3 rings (SSSR count). The van der Waals surface area contributed by atoms with Gasteiger partial charge in [0.25, 0.3) is 15.9 Å². The molecule has 0 aliphatic heterocycles. The lowest BCUT2D eigenvalue weighted by molar-refractivity contribution is 0.102. The Balaban J connectivity index is 1.78. The van der Waals surface area contributed by atoms with Gasteiger partial charge in [0.05, 0.1) is 10.6 Å². The van der Waals surface area contributed by atoms with Crippen LogP contribution in [-0.4, -0.2) is 21.4 Å². The molecule has 1 amide bonds. The Kier molecular flexibility index (Phi) is 5.81. The molecule has 0 saturated heterocycles. The normalized spacial score (nSPS) is 11.0. The van der Waals surface area contributed by atoms with E-state index < -0.39 is 10.0 Å². The second kappa shape index (κ2) is 8.10. The lowest BCUT2D eigenvalue weighted by Crippen LogP contribution is -2.26. The number of nitrogens with zero attached hydrogens (tertiary/aromatic N) is 1. The number of sulfonamides is 1. The van der Waals surface area contributed by atoms with E-state index in [-0.39, 0.29) is 10.8 Å². The van der Waals surface area contributed by atoms with Crippen LogP contribution in [0.4, 0.5) is 11.4 Å². The molecule has 3 aromatic carbocycles. The molecule has 0 bridgehead atoms. The SMILES string of the molecule is CN(c1ccccc1)S(=O)(=O)c1ccc(C(=O)Nc2ccc(I)cc2)cc1. The first-order valence-corrected chi connectivity index (χ1v) is 10.6. The van der Waals surface area contributed by atoms with Gasteiger partial charge in [0, 0.05) is 21.9 Å². The molecule has 0 radical (unpaired) electrons. The summed E-state index contributed by atoms with van der Waals surface area (Å²) in [5.41, 5.74) is 1.63. The van der Waals surface area contributed by atoms with Crippen molar-refractivity contribution in [3.63, 3.8) is 0 Å². The van der Waals surface area contributed by atoms with E-state index in [0.29, 0.717) is 16.9 Å². The van der Waals surface area contributed by atoms with Crippen LogP contribution < -0.4 is 9.62 Å². The molecule has 0 atom stereocenters. The number of carbonyl (C=O) groups is 1. The van der Waals surface area contributed by atoms with E-state index in [1.807, 2.05) is 30.3 Å². The third-order valence-electron chi connectivity index (χ3n) is 4.00. The van der Waals surface area contributed by atoms with Gasteiger partial charge >= 0.3 is 0 Å². The van der Waals surface area contributed by atoms with Gasteiger partial charge in [0.1, 0.15) is 0 Å². The molecular weight excluding hydrogens is 475 g/mol. The average molecular weight is 492 g/mol. The van der Waals surface area contributed by atoms with Crippen molar-refractivity contribution in [1.82, 2.24) is 0 Å². The first-order chi connectivity index (χ1) is 12.9. The minimum absolute atomic E-state index is 0.125. The Morgan fingerprint density at radius 1 is 0.889 bits per heavy atom. The maximum Gasteiger partial charge on any atom is 0.264 e. The third kappa shape index (κ3) is 4.48. The quantitative estimate of drug-likeness (QED) is 0.539. The largest absolute Gasteiger partial charge is 0.322 e. The number of rotatable bonds is 5. The molecule has 0 spiro atoms.